The van der Waals surface area contributed by atoms with Crippen LogP contribution in [0.3, 0.4) is 0 Å². The van der Waals surface area contributed by atoms with Gasteiger partial charge < -0.3 is 15.0 Å². The highest BCUT2D eigenvalue weighted by atomic mass is 16.5. The average Bonchev–Trinajstić information content (AvgIpc) is 3.25. The molecule has 1 aromatic rings. The molecule has 3 aliphatic rings. The van der Waals surface area contributed by atoms with Crippen LogP contribution in [0.25, 0.3) is 0 Å². The van der Waals surface area contributed by atoms with Crippen LogP contribution in [0.5, 0.6) is 5.75 Å². The standard InChI is InChI=1S/C20H29N3O2/c1-25-19-5-3-2-4-18(19)23-10-8-22(9-11-23)14-20(24)21-17-13-15-6-7-16(17)12-15/h2-5,15-17H,6-14H2,1H3,(H,21,24). The van der Waals surface area contributed by atoms with Gasteiger partial charge in [0.2, 0.25) is 5.91 Å². The third-order valence-electron chi connectivity index (χ3n) is 6.25. The molecule has 1 heterocycles. The third kappa shape index (κ3) is 3.61. The summed E-state index contributed by atoms with van der Waals surface area (Å²) in [4.78, 5) is 17.0. The summed E-state index contributed by atoms with van der Waals surface area (Å²) >= 11 is 0. The van der Waals surface area contributed by atoms with Gasteiger partial charge in [-0.15, -0.1) is 0 Å². The second kappa shape index (κ2) is 7.24. The predicted molar refractivity (Wildman–Crippen MR) is 99.0 cm³/mol. The Balaban J connectivity index is 1.25. The largest absolute Gasteiger partial charge is 0.495 e. The summed E-state index contributed by atoms with van der Waals surface area (Å²) in [6, 6.07) is 8.60. The van der Waals surface area contributed by atoms with Crippen molar-refractivity contribution < 1.29 is 9.53 Å². The molecular weight excluding hydrogens is 314 g/mol. The van der Waals surface area contributed by atoms with Gasteiger partial charge in [0.25, 0.3) is 0 Å². The average molecular weight is 343 g/mol. The van der Waals surface area contributed by atoms with Crippen LogP contribution >= 0.6 is 0 Å². The van der Waals surface area contributed by atoms with Crippen molar-refractivity contribution in [3.8, 4) is 5.75 Å². The van der Waals surface area contributed by atoms with E-state index in [1.807, 2.05) is 18.2 Å². The summed E-state index contributed by atoms with van der Waals surface area (Å²) < 4.78 is 5.47. The molecule has 0 aromatic heterocycles. The third-order valence-corrected chi connectivity index (χ3v) is 6.25. The molecule has 1 aliphatic heterocycles. The number of fused-ring (bicyclic) bond motifs is 2. The molecule has 3 atom stereocenters. The fraction of sp³-hybridized carbons (Fsp3) is 0.650. The van der Waals surface area contributed by atoms with Gasteiger partial charge in [-0.2, -0.15) is 0 Å². The monoisotopic (exact) mass is 343 g/mol. The summed E-state index contributed by atoms with van der Waals surface area (Å²) in [7, 11) is 1.72. The number of benzene rings is 1. The van der Waals surface area contributed by atoms with E-state index in [4.69, 9.17) is 4.74 Å². The van der Waals surface area contributed by atoms with E-state index >= 15 is 0 Å². The molecule has 1 amide bonds. The molecule has 25 heavy (non-hydrogen) atoms. The molecule has 1 aromatic carbocycles. The second-order valence-corrected chi connectivity index (χ2v) is 7.78. The fourth-order valence-corrected chi connectivity index (χ4v) is 4.91. The zero-order chi connectivity index (χ0) is 17.2. The van der Waals surface area contributed by atoms with Crippen LogP contribution in [-0.2, 0) is 4.79 Å². The lowest BCUT2D eigenvalue weighted by molar-refractivity contribution is -0.123. The van der Waals surface area contributed by atoms with Crippen molar-refractivity contribution in [2.45, 2.75) is 31.7 Å². The van der Waals surface area contributed by atoms with Gasteiger partial charge in [-0.1, -0.05) is 18.6 Å². The first-order chi connectivity index (χ1) is 12.2. The van der Waals surface area contributed by atoms with E-state index < -0.39 is 0 Å². The summed E-state index contributed by atoms with van der Waals surface area (Å²) in [6.07, 6.45) is 5.23. The van der Waals surface area contributed by atoms with Crippen LogP contribution in [0.15, 0.2) is 24.3 Å². The van der Waals surface area contributed by atoms with E-state index in [1.165, 1.54) is 25.7 Å². The van der Waals surface area contributed by atoms with Crippen LogP contribution in [0, 0.1) is 11.8 Å². The van der Waals surface area contributed by atoms with Crippen LogP contribution < -0.4 is 15.0 Å². The summed E-state index contributed by atoms with van der Waals surface area (Å²) in [6.45, 7) is 4.24. The van der Waals surface area contributed by atoms with E-state index in [0.717, 1.165) is 49.5 Å². The van der Waals surface area contributed by atoms with Crippen molar-refractivity contribution in [2.75, 3.05) is 44.7 Å². The number of para-hydroxylation sites is 2. The SMILES string of the molecule is COc1ccccc1N1CCN(CC(=O)NC2CC3CCC2C3)CC1. The van der Waals surface area contributed by atoms with Crippen LogP contribution in [0.1, 0.15) is 25.7 Å². The van der Waals surface area contributed by atoms with E-state index in [2.05, 4.69) is 21.2 Å². The number of piperazine rings is 1. The molecule has 0 radical (unpaired) electrons. The molecule has 1 N–H and O–H groups in total. The number of carbonyl (C=O) groups excluding carboxylic acids is 1. The molecule has 1 saturated heterocycles. The summed E-state index contributed by atoms with van der Waals surface area (Å²) in [5.74, 6) is 2.75. The number of methoxy groups -OCH3 is 1. The number of rotatable bonds is 5. The molecular formula is C20H29N3O2. The first kappa shape index (κ1) is 16.7. The number of nitrogens with one attached hydrogen (secondary N) is 1. The normalized spacial score (nSPS) is 29.0. The minimum absolute atomic E-state index is 0.211. The lowest BCUT2D eigenvalue weighted by Crippen LogP contribution is -2.51. The highest BCUT2D eigenvalue weighted by Gasteiger charge is 2.40. The van der Waals surface area contributed by atoms with Gasteiger partial charge in [0.15, 0.2) is 0 Å². The van der Waals surface area contributed by atoms with E-state index in [-0.39, 0.29) is 5.91 Å². The summed E-state index contributed by atoms with van der Waals surface area (Å²) in [5.41, 5.74) is 1.15. The predicted octanol–water partition coefficient (Wildman–Crippen LogP) is 2.12. The lowest BCUT2D eigenvalue weighted by atomic mass is 9.95. The molecule has 3 fully saturated rings. The summed E-state index contributed by atoms with van der Waals surface area (Å²) in [5, 5.41) is 3.30. The number of nitrogens with zero attached hydrogens (tertiary/aromatic N) is 2. The number of hydrogen-bond donors (Lipinski definition) is 1. The van der Waals surface area contributed by atoms with Crippen molar-refractivity contribution in [3.63, 3.8) is 0 Å². The van der Waals surface area contributed by atoms with Crippen LogP contribution in [0.2, 0.25) is 0 Å². The molecule has 5 heteroatoms. The number of ether oxygens (including phenoxy) is 1. The van der Waals surface area contributed by atoms with E-state index in [1.54, 1.807) is 7.11 Å². The molecule has 4 rings (SSSR count). The molecule has 3 unspecified atom stereocenters. The lowest BCUT2D eigenvalue weighted by Gasteiger charge is -2.36. The molecule has 5 nitrogen and oxygen atoms in total. The maximum atomic E-state index is 12.4. The first-order valence-electron chi connectivity index (χ1n) is 9.62. The van der Waals surface area contributed by atoms with Crippen molar-refractivity contribution in [2.24, 2.45) is 11.8 Å². The molecule has 2 saturated carbocycles. The van der Waals surface area contributed by atoms with E-state index in [9.17, 15) is 4.79 Å². The van der Waals surface area contributed by atoms with Crippen molar-refractivity contribution in [1.82, 2.24) is 10.2 Å². The molecule has 2 aliphatic carbocycles. The van der Waals surface area contributed by atoms with Gasteiger partial charge in [-0.05, 0) is 43.2 Å². The zero-order valence-corrected chi connectivity index (χ0v) is 15.1. The van der Waals surface area contributed by atoms with Crippen molar-refractivity contribution in [3.05, 3.63) is 24.3 Å². The number of hydrogen-bond acceptors (Lipinski definition) is 4. The van der Waals surface area contributed by atoms with Gasteiger partial charge in [0.1, 0.15) is 5.75 Å². The Morgan fingerprint density at radius 1 is 1.16 bits per heavy atom. The Labute approximate surface area is 150 Å². The molecule has 136 valence electrons. The van der Waals surface area contributed by atoms with Gasteiger partial charge in [0, 0.05) is 32.2 Å². The maximum absolute atomic E-state index is 12.4. The number of amides is 1. The Morgan fingerprint density at radius 3 is 2.64 bits per heavy atom. The Hall–Kier alpha value is -1.75. The minimum Gasteiger partial charge on any atom is -0.495 e. The first-order valence-corrected chi connectivity index (χ1v) is 9.62. The Kier molecular flexibility index (Phi) is 4.84. The Bertz CT molecular complexity index is 613. The second-order valence-electron chi connectivity index (χ2n) is 7.78. The van der Waals surface area contributed by atoms with Gasteiger partial charge in [0.05, 0.1) is 19.3 Å². The Morgan fingerprint density at radius 2 is 1.96 bits per heavy atom. The zero-order valence-electron chi connectivity index (χ0n) is 15.1. The molecule has 0 spiro atoms. The van der Waals surface area contributed by atoms with Crippen LogP contribution in [-0.4, -0.2) is 56.7 Å². The highest BCUT2D eigenvalue weighted by molar-refractivity contribution is 5.78. The fourth-order valence-electron chi connectivity index (χ4n) is 4.91. The highest BCUT2D eigenvalue weighted by Crippen LogP contribution is 2.44. The maximum Gasteiger partial charge on any atom is 0.234 e. The van der Waals surface area contributed by atoms with Gasteiger partial charge >= 0.3 is 0 Å². The van der Waals surface area contributed by atoms with Crippen LogP contribution in [0.4, 0.5) is 5.69 Å². The smallest absolute Gasteiger partial charge is 0.234 e. The number of anilines is 1. The van der Waals surface area contributed by atoms with E-state index in [0.29, 0.717) is 12.6 Å². The van der Waals surface area contributed by atoms with Crippen molar-refractivity contribution in [1.29, 1.82) is 0 Å². The molecule has 2 bridgehead atoms. The minimum atomic E-state index is 0.211. The van der Waals surface area contributed by atoms with Crippen molar-refractivity contribution >= 4 is 11.6 Å². The van der Waals surface area contributed by atoms with Gasteiger partial charge in [-0.3, -0.25) is 9.69 Å². The topological polar surface area (TPSA) is 44.8 Å². The number of carbonyl (C=O) groups is 1. The quantitative estimate of drug-likeness (QED) is 0.889. The van der Waals surface area contributed by atoms with Gasteiger partial charge in [-0.25, -0.2) is 0 Å².